The van der Waals surface area contributed by atoms with Gasteiger partial charge in [-0.3, -0.25) is 4.99 Å². The molecule has 0 aromatic heterocycles. The molecule has 0 saturated heterocycles. The van der Waals surface area contributed by atoms with Crippen LogP contribution in [0.25, 0.3) is 0 Å². The summed E-state index contributed by atoms with van der Waals surface area (Å²) in [5.74, 6) is -1.44. The van der Waals surface area contributed by atoms with Gasteiger partial charge in [-0.1, -0.05) is 18.2 Å². The SMILES string of the molecule is CN=C(NCCOc1ccc(F)c(F)c1)NCc1ccccc1F. The maximum atomic E-state index is 13.5. The molecule has 2 aromatic rings. The van der Waals surface area contributed by atoms with Crippen LogP contribution >= 0.6 is 0 Å². The van der Waals surface area contributed by atoms with Gasteiger partial charge in [0.2, 0.25) is 0 Å². The van der Waals surface area contributed by atoms with Gasteiger partial charge < -0.3 is 15.4 Å². The number of guanidine groups is 1. The van der Waals surface area contributed by atoms with Crippen molar-refractivity contribution in [3.8, 4) is 5.75 Å². The van der Waals surface area contributed by atoms with Crippen molar-refractivity contribution in [2.75, 3.05) is 20.2 Å². The summed E-state index contributed by atoms with van der Waals surface area (Å²) in [5, 5.41) is 5.95. The van der Waals surface area contributed by atoms with Gasteiger partial charge in [-0.05, 0) is 18.2 Å². The molecule has 128 valence electrons. The quantitative estimate of drug-likeness (QED) is 0.484. The summed E-state index contributed by atoms with van der Waals surface area (Å²) in [6.45, 7) is 0.901. The second-order valence-electron chi connectivity index (χ2n) is 4.87. The van der Waals surface area contributed by atoms with Crippen molar-refractivity contribution in [1.29, 1.82) is 0 Å². The van der Waals surface area contributed by atoms with Crippen LogP contribution in [0.1, 0.15) is 5.56 Å². The van der Waals surface area contributed by atoms with Gasteiger partial charge in [-0.15, -0.1) is 0 Å². The highest BCUT2D eigenvalue weighted by atomic mass is 19.2. The van der Waals surface area contributed by atoms with Gasteiger partial charge in [0.15, 0.2) is 17.6 Å². The second kappa shape index (κ2) is 8.81. The maximum absolute atomic E-state index is 13.5. The minimum Gasteiger partial charge on any atom is -0.492 e. The van der Waals surface area contributed by atoms with E-state index in [9.17, 15) is 13.2 Å². The molecule has 0 aliphatic carbocycles. The average Bonchev–Trinajstić information content (AvgIpc) is 2.58. The van der Waals surface area contributed by atoms with E-state index < -0.39 is 11.6 Å². The van der Waals surface area contributed by atoms with E-state index in [2.05, 4.69) is 15.6 Å². The van der Waals surface area contributed by atoms with Crippen LogP contribution in [0.2, 0.25) is 0 Å². The van der Waals surface area contributed by atoms with Crippen LogP contribution in [0.3, 0.4) is 0 Å². The first kappa shape index (κ1) is 17.7. The van der Waals surface area contributed by atoms with E-state index in [0.29, 0.717) is 18.1 Å². The highest BCUT2D eigenvalue weighted by molar-refractivity contribution is 5.79. The van der Waals surface area contributed by atoms with Crippen molar-refractivity contribution in [3.05, 3.63) is 65.5 Å². The minimum absolute atomic E-state index is 0.228. The topological polar surface area (TPSA) is 45.7 Å². The molecule has 0 aliphatic rings. The number of rotatable bonds is 6. The fourth-order valence-corrected chi connectivity index (χ4v) is 1.95. The molecule has 7 heteroatoms. The lowest BCUT2D eigenvalue weighted by Gasteiger charge is -2.13. The van der Waals surface area contributed by atoms with Gasteiger partial charge in [-0.25, -0.2) is 13.2 Å². The van der Waals surface area contributed by atoms with Crippen LogP contribution in [0.15, 0.2) is 47.5 Å². The predicted molar refractivity (Wildman–Crippen MR) is 86.5 cm³/mol. The first-order valence-electron chi connectivity index (χ1n) is 7.36. The number of benzene rings is 2. The van der Waals surface area contributed by atoms with Crippen LogP contribution < -0.4 is 15.4 Å². The molecule has 2 N–H and O–H groups in total. The molecule has 0 atom stereocenters. The van der Waals surface area contributed by atoms with Gasteiger partial charge in [-0.2, -0.15) is 0 Å². The van der Waals surface area contributed by atoms with Crippen molar-refractivity contribution in [2.24, 2.45) is 4.99 Å². The summed E-state index contributed by atoms with van der Waals surface area (Å²) >= 11 is 0. The molecule has 0 heterocycles. The van der Waals surface area contributed by atoms with Crippen LogP contribution in [0.4, 0.5) is 13.2 Å². The molecular weight excluding hydrogens is 319 g/mol. The van der Waals surface area contributed by atoms with E-state index in [-0.39, 0.29) is 24.7 Å². The monoisotopic (exact) mass is 337 g/mol. The lowest BCUT2D eigenvalue weighted by atomic mass is 10.2. The Morgan fingerprint density at radius 2 is 1.79 bits per heavy atom. The van der Waals surface area contributed by atoms with Gasteiger partial charge in [0.05, 0.1) is 6.54 Å². The van der Waals surface area contributed by atoms with Gasteiger partial charge >= 0.3 is 0 Å². The molecule has 2 rings (SSSR count). The summed E-state index contributed by atoms with van der Waals surface area (Å²) in [5.41, 5.74) is 0.526. The van der Waals surface area contributed by atoms with Crippen molar-refractivity contribution in [3.63, 3.8) is 0 Å². The maximum Gasteiger partial charge on any atom is 0.191 e. The fraction of sp³-hybridized carbons (Fsp3) is 0.235. The van der Waals surface area contributed by atoms with E-state index >= 15 is 0 Å². The third-order valence-corrected chi connectivity index (χ3v) is 3.18. The Balaban J connectivity index is 1.73. The van der Waals surface area contributed by atoms with Gasteiger partial charge in [0, 0.05) is 25.2 Å². The van der Waals surface area contributed by atoms with Crippen molar-refractivity contribution in [1.82, 2.24) is 10.6 Å². The number of nitrogens with one attached hydrogen (secondary N) is 2. The summed E-state index contributed by atoms with van der Waals surface area (Å²) in [6, 6.07) is 9.80. The summed E-state index contributed by atoms with van der Waals surface area (Å²) in [6.07, 6.45) is 0. The number of ether oxygens (including phenoxy) is 1. The molecule has 0 saturated carbocycles. The third-order valence-electron chi connectivity index (χ3n) is 3.18. The zero-order valence-electron chi connectivity index (χ0n) is 13.2. The lowest BCUT2D eigenvalue weighted by Crippen LogP contribution is -2.39. The molecule has 0 aliphatic heterocycles. The Morgan fingerprint density at radius 1 is 1.00 bits per heavy atom. The molecular formula is C17H18F3N3O. The molecule has 0 fully saturated rings. The molecule has 4 nitrogen and oxygen atoms in total. The summed E-state index contributed by atoms with van der Waals surface area (Å²) in [4.78, 5) is 4.01. The first-order chi connectivity index (χ1) is 11.6. The number of halogens is 3. The number of aliphatic imine (C=N–C) groups is 1. The van der Waals surface area contributed by atoms with Crippen molar-refractivity contribution < 1.29 is 17.9 Å². The Kier molecular flexibility index (Phi) is 6.48. The van der Waals surface area contributed by atoms with Crippen LogP contribution in [-0.2, 0) is 6.54 Å². The van der Waals surface area contributed by atoms with E-state index in [0.717, 1.165) is 12.1 Å². The average molecular weight is 337 g/mol. The fourth-order valence-electron chi connectivity index (χ4n) is 1.95. The predicted octanol–water partition coefficient (Wildman–Crippen LogP) is 2.85. The summed E-state index contributed by atoms with van der Waals surface area (Å²) < 4.78 is 44.7. The molecule has 0 unspecified atom stereocenters. The molecule has 0 radical (unpaired) electrons. The molecule has 2 aromatic carbocycles. The number of nitrogens with zero attached hydrogens (tertiary/aromatic N) is 1. The van der Waals surface area contributed by atoms with Crippen molar-refractivity contribution >= 4 is 5.96 Å². The second-order valence-corrected chi connectivity index (χ2v) is 4.87. The normalized spacial score (nSPS) is 11.2. The lowest BCUT2D eigenvalue weighted by molar-refractivity contribution is 0.318. The highest BCUT2D eigenvalue weighted by Crippen LogP contribution is 2.14. The molecule has 24 heavy (non-hydrogen) atoms. The zero-order chi connectivity index (χ0) is 17.4. The van der Waals surface area contributed by atoms with E-state index in [1.165, 1.54) is 12.1 Å². The van der Waals surface area contributed by atoms with E-state index in [4.69, 9.17) is 4.74 Å². The zero-order valence-corrected chi connectivity index (χ0v) is 13.2. The Bertz CT molecular complexity index is 707. The Hall–Kier alpha value is -2.70. The number of hydrogen-bond acceptors (Lipinski definition) is 2. The van der Waals surface area contributed by atoms with Crippen molar-refractivity contribution in [2.45, 2.75) is 6.54 Å². The first-order valence-corrected chi connectivity index (χ1v) is 7.36. The Labute approximate surface area is 138 Å². The Morgan fingerprint density at radius 3 is 2.50 bits per heavy atom. The number of hydrogen-bond donors (Lipinski definition) is 2. The summed E-state index contributed by atoms with van der Waals surface area (Å²) in [7, 11) is 1.59. The van der Waals surface area contributed by atoms with Crippen LogP contribution in [0, 0.1) is 17.5 Å². The van der Waals surface area contributed by atoms with Gasteiger partial charge in [0.25, 0.3) is 0 Å². The van der Waals surface area contributed by atoms with Gasteiger partial charge in [0.1, 0.15) is 18.2 Å². The highest BCUT2D eigenvalue weighted by Gasteiger charge is 2.04. The van der Waals surface area contributed by atoms with E-state index in [1.54, 1.807) is 25.2 Å². The smallest absolute Gasteiger partial charge is 0.191 e. The van der Waals surface area contributed by atoms with Crippen LogP contribution in [-0.4, -0.2) is 26.2 Å². The van der Waals surface area contributed by atoms with Crippen LogP contribution in [0.5, 0.6) is 5.75 Å². The molecule has 0 bridgehead atoms. The largest absolute Gasteiger partial charge is 0.492 e. The standard InChI is InChI=1S/C17H18F3N3O/c1-21-17(23-11-12-4-2-3-5-14(12)18)22-8-9-24-13-6-7-15(19)16(20)10-13/h2-7,10H,8-9,11H2,1H3,(H2,21,22,23). The third kappa shape index (κ3) is 5.19. The minimum atomic E-state index is -0.956. The molecule has 0 amide bonds. The molecule has 0 spiro atoms. The van der Waals surface area contributed by atoms with E-state index in [1.807, 2.05) is 0 Å².